The molecule has 0 atom stereocenters. The summed E-state index contributed by atoms with van der Waals surface area (Å²) >= 11 is 5.57. The fourth-order valence-electron chi connectivity index (χ4n) is 15.2. The smallest absolute Gasteiger partial charge is 0.232 e. The summed E-state index contributed by atoms with van der Waals surface area (Å²) in [4.78, 5) is 12.8. The highest BCUT2D eigenvalue weighted by atomic mass is 35.5. The van der Waals surface area contributed by atoms with Crippen LogP contribution in [0.15, 0.2) is 178 Å². The third-order valence-electron chi connectivity index (χ3n) is 24.4. The van der Waals surface area contributed by atoms with E-state index < -0.39 is 5.95 Å². The van der Waals surface area contributed by atoms with Gasteiger partial charge in [-0.25, -0.2) is 0 Å². The third-order valence-corrected chi connectivity index (χ3v) is 24.6. The summed E-state index contributed by atoms with van der Waals surface area (Å²) in [5.74, 6) is 3.90. The van der Waals surface area contributed by atoms with Crippen molar-refractivity contribution in [3.63, 3.8) is 0 Å². The van der Waals surface area contributed by atoms with E-state index in [9.17, 15) is 4.39 Å². The first-order valence-corrected chi connectivity index (χ1v) is 54.2. The number of halogens is 2. The standard InChI is InChI=1S/C9H16N2.C9H15N.4C8H14N2.2C8H13N.5C7H12N2.C6H9ClN2.C6H9FN2.C6H10N2/c1-6(2)9-7(3)8(4)10-11(9)5;1-6(2)9-5-10-8(4)7(9)3;1-6(2)8-7(3)5-9-10(8)4;1-6(2)8-5-7(3)9-10(8)4;1-6(2)10-5-7(3)8(4)9-10;1-6(2)10-8(4)7(3)5-9-10;1-6(2)8-5-9-4-7(8)3;1-6(2)8-4-7(3)9-5-8;1-6(2)9-5-7(3)4-8-9;1-6(2)7-4-5-8-9(7)3;2*1-6(2)9-5-4-7(3)8-9;1-6(2)9-7(3)4-5-8-9;2*1-5(2)9-4-3-6(7)8-9;1-6(2)8-5-3-4-7-8/h6H,1-5H3;6H,5H2,1-4H3;4*5-6H,1-4H3;2*4,6H,5H2,1-3H3;5*4-6H,1-3H3;2*3-5H,1-2H3;3-6H,1-2H3. The van der Waals surface area contributed by atoms with E-state index in [1.807, 2.05) is 231 Å². The van der Waals surface area contributed by atoms with Crippen molar-refractivity contribution in [2.24, 2.45) is 60.9 Å². The van der Waals surface area contributed by atoms with Gasteiger partial charge in [-0.05, 0) is 381 Å². The molecule has 0 fully saturated rings. The molecule has 3 aliphatic heterocycles. The van der Waals surface area contributed by atoms with Crippen LogP contribution in [0.25, 0.3) is 0 Å². The van der Waals surface area contributed by atoms with Crippen molar-refractivity contribution < 1.29 is 4.39 Å². The van der Waals surface area contributed by atoms with Crippen molar-refractivity contribution in [1.29, 1.82) is 0 Å². The Balaban J connectivity index is 0.000000800. The van der Waals surface area contributed by atoms with Gasteiger partial charge in [0.25, 0.3) is 0 Å². The Labute approximate surface area is 910 Å². The van der Waals surface area contributed by atoms with E-state index in [1.165, 1.54) is 107 Å². The highest BCUT2D eigenvalue weighted by molar-refractivity contribution is 6.29. The molecule has 0 unspecified atom stereocenters. The van der Waals surface area contributed by atoms with Gasteiger partial charge in [0.1, 0.15) is 0 Å². The minimum atomic E-state index is -0.413. The van der Waals surface area contributed by atoms with Crippen molar-refractivity contribution in [1.82, 2.24) is 127 Å². The second-order valence-corrected chi connectivity index (χ2v) is 43.7. The van der Waals surface area contributed by atoms with Crippen LogP contribution in [0, 0.1) is 107 Å². The molecular weight excluding hydrogens is 1890 g/mol. The lowest BCUT2D eigenvalue weighted by atomic mass is 9.99. The number of rotatable bonds is 16. The first-order chi connectivity index (χ1) is 69.8. The van der Waals surface area contributed by atoms with Gasteiger partial charge >= 0.3 is 0 Å². The van der Waals surface area contributed by atoms with E-state index in [4.69, 9.17) is 11.6 Å². The Morgan fingerprint density at radius 2 is 0.833 bits per heavy atom. The zero-order valence-corrected chi connectivity index (χ0v) is 104. The quantitative estimate of drug-likeness (QED) is 0.0872. The molecule has 13 aromatic heterocycles. The number of aliphatic imine (C=N–C) groups is 3. The summed E-state index contributed by atoms with van der Waals surface area (Å²) in [6.07, 6.45) is 28.9. The van der Waals surface area contributed by atoms with Crippen LogP contribution in [-0.4, -0.2) is 164 Å². The van der Waals surface area contributed by atoms with Gasteiger partial charge in [-0.2, -0.15) is 65.6 Å². The zero-order chi connectivity index (χ0) is 115. The molecule has 0 amide bonds. The van der Waals surface area contributed by atoms with Crippen molar-refractivity contribution >= 4 is 29.2 Å². The molecule has 0 saturated carbocycles. The van der Waals surface area contributed by atoms with Crippen molar-refractivity contribution in [2.45, 2.75) is 410 Å². The molecule has 0 aromatic carbocycles. The fraction of sp³-hybridized carbons (Fsp3) is 0.597. The second-order valence-electron chi connectivity index (χ2n) is 43.4. The summed E-state index contributed by atoms with van der Waals surface area (Å²) < 4.78 is 37.1. The van der Waals surface area contributed by atoms with Crippen LogP contribution < -0.4 is 0 Å². The predicted molar refractivity (Wildman–Crippen MR) is 632 cm³/mol. The van der Waals surface area contributed by atoms with Gasteiger partial charge in [0, 0.05) is 202 Å². The second kappa shape index (κ2) is 68.9. The molecule has 3 aliphatic rings. The van der Waals surface area contributed by atoms with Crippen molar-refractivity contribution in [3.05, 3.63) is 265 Å². The van der Waals surface area contributed by atoms with Crippen molar-refractivity contribution in [2.75, 3.05) is 19.6 Å². The number of allylic oxidation sites excluding steroid dienone is 3. The summed E-state index contributed by atoms with van der Waals surface area (Å²) in [6, 6.07) is 19.3. The molecule has 29 nitrogen and oxygen atoms in total. The average molecular weight is 2090 g/mol. The summed E-state index contributed by atoms with van der Waals surface area (Å²) in [7, 11) is 7.95. The number of aromatic nitrogens is 26. The normalized spacial score (nSPS) is 12.2. The van der Waals surface area contributed by atoms with Crippen LogP contribution in [-0.2, 0) is 28.2 Å². The van der Waals surface area contributed by atoms with Gasteiger partial charge in [0.15, 0.2) is 5.15 Å². The maximum Gasteiger partial charge on any atom is 0.232 e. The Bertz CT molecular complexity index is 5730. The number of hydrogen-bond acceptors (Lipinski definition) is 16. The molecule has 0 aliphatic carbocycles. The highest BCUT2D eigenvalue weighted by Gasteiger charge is 2.17. The molecule has 150 heavy (non-hydrogen) atoms. The van der Waals surface area contributed by atoms with Gasteiger partial charge in [-0.3, -0.25) is 75.8 Å². The van der Waals surface area contributed by atoms with Gasteiger partial charge in [-0.1, -0.05) is 109 Å². The highest BCUT2D eigenvalue weighted by Crippen LogP contribution is 2.25. The lowest BCUT2D eigenvalue weighted by Gasteiger charge is -2.07. The Kier molecular flexibility index (Phi) is 62.5. The maximum atomic E-state index is 12.2. The monoisotopic (exact) mass is 2090 g/mol. The van der Waals surface area contributed by atoms with E-state index in [-0.39, 0.29) is 6.04 Å². The van der Waals surface area contributed by atoms with Crippen LogP contribution in [0.3, 0.4) is 0 Å². The molecule has 0 saturated heterocycles. The van der Waals surface area contributed by atoms with Gasteiger partial charge < -0.3 is 0 Å². The Morgan fingerprint density at radius 1 is 0.333 bits per heavy atom. The molecule has 0 radical (unpaired) electrons. The molecule has 16 heterocycles. The SMILES string of the molecule is CC(C)c1ccnn1C.CC(C)n1ccc(Cl)n1.CC(C)n1ccc(F)n1.CC(C)n1cccn1.CC1=C(C(C)C)CN=C1.CC1=NCC(C(C)C)=C1.CC1=NCC(C(C)C)=C1C.Cc1cc(C(C)C)n(C)n1.Cc1ccn(C(C)C)n1.Cc1ccn(C(C)C)n1.Cc1ccnn1C(C)C.Cc1cn(C(C)C)nc1C.Cc1cnn(C(C)C)c1.Cc1cnn(C(C)C)c1C.Cc1cnn(C)c1C(C)C.Cc1nn(C)c(C(C)C)c1C. The fourth-order valence-corrected chi connectivity index (χ4v) is 15.3. The minimum Gasteiger partial charge on any atom is -0.288 e. The average Bonchev–Trinajstić information content (AvgIpc) is 1.69. The molecule has 836 valence electrons. The molecule has 0 bridgehead atoms. The van der Waals surface area contributed by atoms with Crippen LogP contribution in [0.1, 0.15) is 418 Å². The molecular formula is C119H201ClFN29. The van der Waals surface area contributed by atoms with Crippen LogP contribution in [0.2, 0.25) is 5.15 Å². The van der Waals surface area contributed by atoms with Crippen molar-refractivity contribution in [3.8, 4) is 0 Å². The molecule has 0 spiro atoms. The molecule has 16 rings (SSSR count). The van der Waals surface area contributed by atoms with E-state index >= 15 is 0 Å². The largest absolute Gasteiger partial charge is 0.288 e. The Morgan fingerprint density at radius 3 is 1.03 bits per heavy atom. The van der Waals surface area contributed by atoms with Crippen LogP contribution in [0.5, 0.6) is 0 Å². The molecule has 0 N–H and O–H groups in total. The maximum absolute atomic E-state index is 12.2. The first-order valence-electron chi connectivity index (χ1n) is 53.9. The van der Waals surface area contributed by atoms with Crippen LogP contribution in [0.4, 0.5) is 4.39 Å². The van der Waals surface area contributed by atoms with E-state index in [0.29, 0.717) is 94.9 Å². The first kappa shape index (κ1) is 136. The Hall–Kier alpha value is -11.8. The number of nitrogens with zero attached hydrogens (tertiary/aromatic N) is 29. The summed E-state index contributed by atoms with van der Waals surface area (Å²) in [6.45, 7) is 104. The van der Waals surface area contributed by atoms with Gasteiger partial charge in [0.2, 0.25) is 5.95 Å². The minimum absolute atomic E-state index is 0.245. The molecule has 13 aromatic rings. The number of hydrogen-bond donors (Lipinski definition) is 0. The lowest BCUT2D eigenvalue weighted by molar-refractivity contribution is 0.481. The third kappa shape index (κ3) is 50.4. The zero-order valence-electron chi connectivity index (χ0n) is 103. The van der Waals surface area contributed by atoms with Gasteiger partial charge in [0.05, 0.1) is 66.7 Å². The van der Waals surface area contributed by atoms with E-state index in [0.717, 1.165) is 48.1 Å². The van der Waals surface area contributed by atoms with E-state index in [1.54, 1.807) is 23.1 Å². The topological polar surface area (TPSA) is 269 Å². The van der Waals surface area contributed by atoms with E-state index in [2.05, 4.69) is 383 Å². The molecule has 31 heteroatoms. The van der Waals surface area contributed by atoms with Gasteiger partial charge in [-0.15, -0.1) is 5.10 Å². The lowest BCUT2D eigenvalue weighted by Crippen LogP contribution is -2.04. The summed E-state index contributed by atoms with van der Waals surface area (Å²) in [5, 5.41) is 54.2. The van der Waals surface area contributed by atoms with Crippen LogP contribution >= 0.6 is 11.6 Å². The number of aryl methyl sites for hydroxylation is 14. The predicted octanol–water partition coefficient (Wildman–Crippen LogP) is 30.4. The summed E-state index contributed by atoms with van der Waals surface area (Å²) in [5.41, 5.74) is 29.4.